The van der Waals surface area contributed by atoms with Crippen LogP contribution in [0.25, 0.3) is 0 Å². The topological polar surface area (TPSA) is 169 Å². The molecule has 378 valence electrons. The predicted molar refractivity (Wildman–Crippen MR) is 281 cm³/mol. The number of allylic oxidation sites excluding steroid dienone is 26. The number of aliphatic hydroxyl groups is 1. The smallest absolute Gasteiger partial charge is 0.472 e. The van der Waals surface area contributed by atoms with Gasteiger partial charge in [-0.15, -0.1) is 0 Å². The number of phosphoric ester groups is 1. The molecule has 0 bridgehead atoms. The summed E-state index contributed by atoms with van der Waals surface area (Å²) in [5.74, 6) is -2.53. The van der Waals surface area contributed by atoms with E-state index < -0.39 is 57.6 Å². The zero-order valence-electron chi connectivity index (χ0n) is 41.1. The van der Waals surface area contributed by atoms with E-state index in [9.17, 15) is 34.1 Å². The van der Waals surface area contributed by atoms with Gasteiger partial charge in [-0.25, -0.2) is 9.36 Å². The van der Waals surface area contributed by atoms with Gasteiger partial charge in [0.25, 0.3) is 0 Å². The molecule has 0 rings (SSSR count). The standard InChI is InChI=1S/C56H84NO10P/c1-3-5-7-9-11-13-15-17-19-21-23-25-26-28-29-31-33-35-37-39-41-43-45-47-54(59)57-53(56(61)62)51-67-68(63,64)66-50-52(58)49-65-55(60)48-46-44-42-40-38-36-34-32-30-27-24-22-20-18-16-14-12-10-8-6-4-2/h5-8,11-14,17-20,23-25,27-29,32-35,38-41,52-53,58H,3-4,9-10,15-16,21-22,26,30-31,36-37,42-51H2,1-2H3,(H,57,59)(H,61,62)(H,63,64)/b7-5-,8-6-,13-11-,14-12-,19-17-,20-18-,25-23-,27-24-,29-28-,34-32-,35-33-,40-38-,41-39-. The molecule has 0 aromatic rings. The van der Waals surface area contributed by atoms with Gasteiger partial charge >= 0.3 is 19.8 Å². The molecule has 0 aromatic carbocycles. The van der Waals surface area contributed by atoms with Crippen LogP contribution in [-0.4, -0.2) is 64.9 Å². The highest BCUT2D eigenvalue weighted by atomic mass is 31.2. The molecular formula is C56H84NO10P. The quantitative estimate of drug-likeness (QED) is 0.0200. The number of hydrogen-bond acceptors (Lipinski definition) is 8. The second kappa shape index (κ2) is 48.6. The number of aliphatic hydroxyl groups excluding tert-OH is 1. The number of carbonyl (C=O) groups excluding carboxylic acids is 2. The largest absolute Gasteiger partial charge is 0.480 e. The number of phosphoric acid groups is 1. The Balaban J connectivity index is 4.06. The van der Waals surface area contributed by atoms with Gasteiger partial charge in [0.2, 0.25) is 5.91 Å². The van der Waals surface area contributed by atoms with Crippen LogP contribution < -0.4 is 5.32 Å². The van der Waals surface area contributed by atoms with E-state index in [4.69, 9.17) is 13.8 Å². The van der Waals surface area contributed by atoms with E-state index in [1.54, 1.807) is 0 Å². The average Bonchev–Trinajstić information content (AvgIpc) is 3.32. The van der Waals surface area contributed by atoms with Crippen molar-refractivity contribution < 1.29 is 47.8 Å². The van der Waals surface area contributed by atoms with Crippen LogP contribution in [0.1, 0.15) is 142 Å². The van der Waals surface area contributed by atoms with Gasteiger partial charge in [-0.3, -0.25) is 18.6 Å². The van der Waals surface area contributed by atoms with Crippen LogP contribution in [0.15, 0.2) is 158 Å². The Morgan fingerprint density at radius 3 is 1.18 bits per heavy atom. The summed E-state index contributed by atoms with van der Waals surface area (Å²) < 4.78 is 26.9. The molecule has 0 saturated carbocycles. The molecule has 12 heteroatoms. The van der Waals surface area contributed by atoms with Crippen LogP contribution in [0.4, 0.5) is 0 Å². The summed E-state index contributed by atoms with van der Waals surface area (Å²) in [7, 11) is -4.80. The van der Waals surface area contributed by atoms with Crippen molar-refractivity contribution in [3.8, 4) is 0 Å². The first kappa shape index (κ1) is 63.1. The van der Waals surface area contributed by atoms with Crippen LogP contribution in [0.2, 0.25) is 0 Å². The van der Waals surface area contributed by atoms with Gasteiger partial charge in [0.1, 0.15) is 12.7 Å². The van der Waals surface area contributed by atoms with Gasteiger partial charge in [-0.1, -0.05) is 172 Å². The van der Waals surface area contributed by atoms with E-state index >= 15 is 0 Å². The minimum atomic E-state index is -4.80. The molecule has 1 amide bonds. The average molecular weight is 962 g/mol. The van der Waals surface area contributed by atoms with Gasteiger partial charge in [0.05, 0.1) is 13.2 Å². The second-order valence-corrected chi connectivity index (χ2v) is 17.0. The molecular weight excluding hydrogens is 878 g/mol. The second-order valence-electron chi connectivity index (χ2n) is 15.5. The van der Waals surface area contributed by atoms with Crippen LogP contribution in [0, 0.1) is 0 Å². The summed E-state index contributed by atoms with van der Waals surface area (Å²) >= 11 is 0. The normalized spacial score (nSPS) is 14.9. The molecule has 0 aliphatic heterocycles. The molecule has 0 fully saturated rings. The highest BCUT2D eigenvalue weighted by Crippen LogP contribution is 2.43. The third-order valence-electron chi connectivity index (χ3n) is 9.31. The zero-order valence-corrected chi connectivity index (χ0v) is 42.0. The van der Waals surface area contributed by atoms with Gasteiger partial charge < -0.3 is 25.2 Å². The lowest BCUT2D eigenvalue weighted by Gasteiger charge is -2.18. The van der Waals surface area contributed by atoms with E-state index in [0.29, 0.717) is 19.3 Å². The number of rotatable bonds is 43. The summed E-state index contributed by atoms with van der Waals surface area (Å²) in [5, 5.41) is 21.9. The Bertz CT molecular complexity index is 1740. The number of esters is 1. The summed E-state index contributed by atoms with van der Waals surface area (Å²) in [5.41, 5.74) is 0. The van der Waals surface area contributed by atoms with Crippen molar-refractivity contribution in [2.75, 3.05) is 19.8 Å². The fraction of sp³-hybridized carbons (Fsp3) is 0.482. The Morgan fingerprint density at radius 2 is 0.809 bits per heavy atom. The van der Waals surface area contributed by atoms with E-state index in [1.165, 1.54) is 0 Å². The van der Waals surface area contributed by atoms with E-state index in [1.807, 2.05) is 12.2 Å². The Morgan fingerprint density at radius 1 is 0.471 bits per heavy atom. The van der Waals surface area contributed by atoms with E-state index in [2.05, 4.69) is 165 Å². The van der Waals surface area contributed by atoms with E-state index in [0.717, 1.165) is 96.3 Å². The summed E-state index contributed by atoms with van der Waals surface area (Å²) in [6.07, 6.45) is 69.9. The fourth-order valence-electron chi connectivity index (χ4n) is 5.60. The Labute approximate surface area is 409 Å². The lowest BCUT2D eigenvalue weighted by molar-refractivity contribution is -0.147. The number of carboxylic acids is 1. The number of amides is 1. The van der Waals surface area contributed by atoms with E-state index in [-0.39, 0.29) is 12.8 Å². The van der Waals surface area contributed by atoms with Gasteiger partial charge in [0.15, 0.2) is 6.04 Å². The number of hydrogen-bond donors (Lipinski definition) is 4. The maximum atomic E-state index is 12.3. The molecule has 0 spiro atoms. The van der Waals surface area contributed by atoms with Gasteiger partial charge in [-0.2, -0.15) is 0 Å². The predicted octanol–water partition coefficient (Wildman–Crippen LogP) is 13.7. The summed E-state index contributed by atoms with van der Waals surface area (Å²) in [6, 6.07) is -1.60. The van der Waals surface area contributed by atoms with Crippen molar-refractivity contribution in [2.45, 2.75) is 154 Å². The highest BCUT2D eigenvalue weighted by Gasteiger charge is 2.28. The first-order valence-corrected chi connectivity index (χ1v) is 26.0. The van der Waals surface area contributed by atoms with Crippen molar-refractivity contribution >= 4 is 25.7 Å². The fourth-order valence-corrected chi connectivity index (χ4v) is 6.37. The first-order chi connectivity index (χ1) is 33.1. The van der Waals surface area contributed by atoms with Crippen molar-refractivity contribution in [3.63, 3.8) is 0 Å². The Hall–Kier alpha value is -4.90. The molecule has 68 heavy (non-hydrogen) atoms. The third kappa shape index (κ3) is 47.6. The number of aliphatic carboxylic acids is 1. The van der Waals surface area contributed by atoms with Crippen molar-refractivity contribution in [2.24, 2.45) is 0 Å². The lowest BCUT2D eigenvalue weighted by atomic mass is 10.2. The molecule has 0 aliphatic carbocycles. The van der Waals surface area contributed by atoms with Crippen molar-refractivity contribution in [1.29, 1.82) is 0 Å². The molecule has 0 heterocycles. The SMILES string of the molecule is CC/C=C\C/C=C\C/C=C\C/C=C\C/C=C\C/C=C\C/C=C\CCCC(=O)NC(COP(=O)(O)OCC(O)COC(=O)CCCC/C=C\C/C=C\C/C=C\C/C=C\C/C=C\C/C=C\CC)C(=O)O. The Kier molecular flexibility index (Phi) is 45.1. The minimum Gasteiger partial charge on any atom is -0.480 e. The molecule has 0 radical (unpaired) electrons. The van der Waals surface area contributed by atoms with Crippen LogP contribution in [0.5, 0.6) is 0 Å². The maximum Gasteiger partial charge on any atom is 0.472 e. The van der Waals surface area contributed by atoms with Crippen molar-refractivity contribution in [1.82, 2.24) is 5.32 Å². The number of nitrogens with one attached hydrogen (secondary N) is 1. The van der Waals surface area contributed by atoms with Crippen molar-refractivity contribution in [3.05, 3.63) is 158 Å². The molecule has 11 nitrogen and oxygen atoms in total. The molecule has 0 saturated heterocycles. The highest BCUT2D eigenvalue weighted by molar-refractivity contribution is 7.47. The molecule has 3 unspecified atom stereocenters. The third-order valence-corrected chi connectivity index (χ3v) is 10.3. The van der Waals surface area contributed by atoms with Crippen LogP contribution >= 0.6 is 7.82 Å². The number of unbranched alkanes of at least 4 members (excludes halogenated alkanes) is 3. The monoisotopic (exact) mass is 962 g/mol. The number of carboxylic acid groups (broad SMARTS) is 1. The van der Waals surface area contributed by atoms with Gasteiger partial charge in [-0.05, 0) is 116 Å². The molecule has 4 N–H and O–H groups in total. The molecule has 0 aliphatic rings. The molecule has 3 atom stereocenters. The number of carbonyl (C=O) groups is 3. The minimum absolute atomic E-state index is 0.0513. The number of ether oxygens (including phenoxy) is 1. The maximum absolute atomic E-state index is 12.3. The van der Waals surface area contributed by atoms with Gasteiger partial charge in [0, 0.05) is 12.8 Å². The molecule has 0 aromatic heterocycles. The summed E-state index contributed by atoms with van der Waals surface area (Å²) in [4.78, 5) is 46.1. The summed E-state index contributed by atoms with van der Waals surface area (Å²) in [6.45, 7) is 2.26. The first-order valence-electron chi connectivity index (χ1n) is 24.5. The van der Waals surface area contributed by atoms with Crippen LogP contribution in [0.3, 0.4) is 0 Å². The zero-order chi connectivity index (χ0) is 49.9. The lowest BCUT2D eigenvalue weighted by Crippen LogP contribution is -2.43. The van der Waals surface area contributed by atoms with Crippen LogP contribution in [-0.2, 0) is 32.7 Å².